The molecule has 0 bridgehead atoms. The van der Waals surface area contributed by atoms with Gasteiger partial charge in [0, 0.05) is 49.4 Å². The quantitative estimate of drug-likeness (QED) is 0.164. The van der Waals surface area contributed by atoms with Crippen LogP contribution in [0.15, 0.2) is 128 Å². The van der Waals surface area contributed by atoms with Crippen molar-refractivity contribution in [3.05, 3.63) is 146 Å². The van der Waals surface area contributed by atoms with Crippen molar-refractivity contribution < 1.29 is 25.8 Å². The van der Waals surface area contributed by atoms with Crippen LogP contribution >= 0.6 is 0 Å². The second-order valence-corrected chi connectivity index (χ2v) is 11.0. The molecular weight excluding hydrogens is 752 g/mol. The number of pyridine rings is 1. The summed E-state index contributed by atoms with van der Waals surface area (Å²) >= 11 is 0. The van der Waals surface area contributed by atoms with Crippen molar-refractivity contribution >= 4 is 49.9 Å². The number of nitrogens with zero attached hydrogens (tertiary/aromatic N) is 6. The first-order valence-electron chi connectivity index (χ1n) is 14.7. The minimum Gasteiger partial charge on any atom is -0.504 e. The van der Waals surface area contributed by atoms with E-state index >= 15 is 0 Å². The van der Waals surface area contributed by atoms with Crippen LogP contribution in [0.5, 0.6) is 11.6 Å². The van der Waals surface area contributed by atoms with Crippen molar-refractivity contribution in [3.63, 3.8) is 0 Å². The van der Waals surface area contributed by atoms with Crippen LogP contribution in [0.25, 0.3) is 44.5 Å². The summed E-state index contributed by atoms with van der Waals surface area (Å²) in [5.41, 5.74) is 7.90. The molecule has 7 nitrogen and oxygen atoms in total. The molecule has 46 heavy (non-hydrogen) atoms. The van der Waals surface area contributed by atoms with Gasteiger partial charge in [-0.1, -0.05) is 66.2 Å². The standard InChI is InChI=1S/C38H25N6O.Pt/c1-41-25-42(35-18-10-9-17-34(35)41)27-21-22-39-37(23-27)45-28-19-20-30-29-13-5-7-15-32(29)44(36(30)24-28)38-40-31-14-6-8-16-33(31)43(38)26-11-3-2-4-12-26;/h2-22,25H,1H3;/q-3;. The van der Waals surface area contributed by atoms with Crippen LogP contribution in [0, 0.1) is 18.8 Å². The zero-order chi connectivity index (χ0) is 29.9. The summed E-state index contributed by atoms with van der Waals surface area (Å²) in [6, 6.07) is 48.1. The molecular formula is C38H25N6OPt-3. The van der Waals surface area contributed by atoms with E-state index < -0.39 is 0 Å². The van der Waals surface area contributed by atoms with E-state index in [1.54, 1.807) is 6.20 Å². The Morgan fingerprint density at radius 3 is 2.28 bits per heavy atom. The van der Waals surface area contributed by atoms with E-state index in [2.05, 4.69) is 96.7 Å². The van der Waals surface area contributed by atoms with Crippen LogP contribution in [-0.2, 0) is 21.1 Å². The molecule has 0 N–H and O–H groups in total. The van der Waals surface area contributed by atoms with Gasteiger partial charge in [0.25, 0.3) is 0 Å². The third-order valence-electron chi connectivity index (χ3n) is 8.25. The SMILES string of the molecule is CN1[CH-]N(c2[c-]c(Oc3[c-]c4c(cc3)c3ccccc3n4-c3nc4ccccc4n3-c3ccccc3)ncc2)c2ccccc21.[Pt]. The topological polar surface area (TPSA) is 51.4 Å². The minimum atomic E-state index is 0. The summed E-state index contributed by atoms with van der Waals surface area (Å²) < 4.78 is 10.7. The molecule has 4 heterocycles. The number of hydrogen-bond acceptors (Lipinski definition) is 5. The average Bonchev–Trinajstić information content (AvgIpc) is 3.74. The second-order valence-electron chi connectivity index (χ2n) is 11.0. The summed E-state index contributed by atoms with van der Waals surface area (Å²) in [5.74, 6) is 1.68. The summed E-state index contributed by atoms with van der Waals surface area (Å²) in [4.78, 5) is 13.8. The number of para-hydroxylation sites is 6. The molecule has 8 heteroatoms. The van der Waals surface area contributed by atoms with Gasteiger partial charge in [0.1, 0.15) is 5.88 Å². The van der Waals surface area contributed by atoms with Crippen molar-refractivity contribution in [2.45, 2.75) is 0 Å². The molecule has 0 amide bonds. The molecule has 1 aliphatic heterocycles. The summed E-state index contributed by atoms with van der Waals surface area (Å²) in [6.07, 6.45) is 1.74. The van der Waals surface area contributed by atoms with E-state index in [1.165, 1.54) is 0 Å². The maximum absolute atomic E-state index is 6.35. The molecule has 0 radical (unpaired) electrons. The maximum Gasteiger partial charge on any atom is 0.218 e. The Morgan fingerprint density at radius 2 is 1.41 bits per heavy atom. The number of imidazole rings is 1. The Morgan fingerprint density at radius 1 is 0.674 bits per heavy atom. The van der Waals surface area contributed by atoms with E-state index in [4.69, 9.17) is 9.72 Å². The van der Waals surface area contributed by atoms with E-state index in [1.807, 2.05) is 74.4 Å². The van der Waals surface area contributed by atoms with Gasteiger partial charge in [0.15, 0.2) is 0 Å². The van der Waals surface area contributed by atoms with Crippen molar-refractivity contribution in [3.8, 4) is 23.3 Å². The fourth-order valence-corrected chi connectivity index (χ4v) is 6.25. The molecule has 0 saturated carbocycles. The van der Waals surface area contributed by atoms with Crippen molar-refractivity contribution in [1.82, 2.24) is 19.1 Å². The van der Waals surface area contributed by atoms with E-state index in [0.29, 0.717) is 11.6 Å². The number of anilines is 3. The molecule has 9 rings (SSSR count). The molecule has 3 aromatic heterocycles. The van der Waals surface area contributed by atoms with Gasteiger partial charge in [0.05, 0.1) is 11.0 Å². The first-order chi connectivity index (χ1) is 22.2. The van der Waals surface area contributed by atoms with Gasteiger partial charge in [-0.3, -0.25) is 9.55 Å². The molecule has 0 atom stereocenters. The molecule has 0 fully saturated rings. The van der Waals surface area contributed by atoms with Crippen LogP contribution in [-0.4, -0.2) is 26.1 Å². The van der Waals surface area contributed by atoms with Crippen molar-refractivity contribution in [2.24, 2.45) is 0 Å². The zero-order valence-electron chi connectivity index (χ0n) is 24.6. The molecule has 0 spiro atoms. The van der Waals surface area contributed by atoms with Crippen LogP contribution in [0.1, 0.15) is 0 Å². The number of rotatable bonds is 5. The Kier molecular flexibility index (Phi) is 6.84. The monoisotopic (exact) mass is 776 g/mol. The number of ether oxygens (including phenoxy) is 1. The van der Waals surface area contributed by atoms with Gasteiger partial charge in [-0.25, -0.2) is 4.98 Å². The largest absolute Gasteiger partial charge is 0.504 e. The van der Waals surface area contributed by atoms with Gasteiger partial charge < -0.3 is 19.1 Å². The number of aromatic nitrogens is 4. The Bertz CT molecular complexity index is 2380. The van der Waals surface area contributed by atoms with Crippen molar-refractivity contribution in [2.75, 3.05) is 16.8 Å². The van der Waals surface area contributed by atoms with Gasteiger partial charge in [-0.2, -0.15) is 30.6 Å². The van der Waals surface area contributed by atoms with Crippen LogP contribution in [0.3, 0.4) is 0 Å². The first-order valence-corrected chi connectivity index (χ1v) is 14.7. The molecule has 5 aromatic carbocycles. The van der Waals surface area contributed by atoms with Gasteiger partial charge >= 0.3 is 0 Å². The molecule has 0 unspecified atom stereocenters. The van der Waals surface area contributed by atoms with Gasteiger partial charge in [-0.05, 0) is 61.1 Å². The molecule has 8 aromatic rings. The van der Waals surface area contributed by atoms with Gasteiger partial charge in [0.2, 0.25) is 5.95 Å². The van der Waals surface area contributed by atoms with Crippen LogP contribution in [0.2, 0.25) is 0 Å². The third-order valence-corrected chi connectivity index (χ3v) is 8.25. The number of hydrogen-bond donors (Lipinski definition) is 0. The summed E-state index contributed by atoms with van der Waals surface area (Å²) in [7, 11) is 2.03. The minimum absolute atomic E-state index is 0. The summed E-state index contributed by atoms with van der Waals surface area (Å²) in [6.45, 7) is 2.04. The third kappa shape index (κ3) is 4.46. The first kappa shape index (κ1) is 28.1. The number of fused-ring (bicyclic) bond motifs is 5. The van der Waals surface area contributed by atoms with E-state index in [-0.39, 0.29) is 21.1 Å². The predicted octanol–water partition coefficient (Wildman–Crippen LogP) is 8.61. The Labute approximate surface area is 280 Å². The van der Waals surface area contributed by atoms with Crippen LogP contribution in [0.4, 0.5) is 17.1 Å². The van der Waals surface area contributed by atoms with E-state index in [9.17, 15) is 0 Å². The Hall–Kier alpha value is -5.39. The summed E-state index contributed by atoms with van der Waals surface area (Å²) in [5, 5.41) is 2.17. The molecule has 226 valence electrons. The molecule has 0 aliphatic carbocycles. The van der Waals surface area contributed by atoms with Crippen LogP contribution < -0.4 is 14.5 Å². The second kappa shape index (κ2) is 11.2. The predicted molar refractivity (Wildman–Crippen MR) is 179 cm³/mol. The number of benzene rings is 5. The fraction of sp³-hybridized carbons (Fsp3) is 0.0263. The normalized spacial score (nSPS) is 12.5. The van der Waals surface area contributed by atoms with E-state index in [0.717, 1.165) is 61.5 Å². The average molecular weight is 777 g/mol. The molecule has 0 saturated heterocycles. The fourth-order valence-electron chi connectivity index (χ4n) is 6.25. The molecule has 1 aliphatic rings. The zero-order valence-corrected chi connectivity index (χ0v) is 26.9. The smallest absolute Gasteiger partial charge is 0.218 e. The van der Waals surface area contributed by atoms with Crippen molar-refractivity contribution in [1.29, 1.82) is 0 Å². The van der Waals surface area contributed by atoms with Gasteiger partial charge in [-0.15, -0.1) is 17.5 Å². The Balaban J connectivity index is 0.00000312. The maximum atomic E-state index is 6.35.